The zero-order chi connectivity index (χ0) is 24.3. The van der Waals surface area contributed by atoms with Crippen molar-refractivity contribution in [2.75, 3.05) is 13.1 Å². The van der Waals surface area contributed by atoms with Gasteiger partial charge in [-0.2, -0.15) is 5.26 Å². The Balaban J connectivity index is 1.28. The predicted octanol–water partition coefficient (Wildman–Crippen LogP) is 6.34. The fourth-order valence-corrected chi connectivity index (χ4v) is 5.67. The van der Waals surface area contributed by atoms with Crippen molar-refractivity contribution in [1.82, 2.24) is 14.5 Å². The maximum Gasteiger partial charge on any atom is 0.0991 e. The van der Waals surface area contributed by atoms with Gasteiger partial charge < -0.3 is 4.57 Å². The Bertz CT molecular complexity index is 1510. The number of nitriles is 1. The van der Waals surface area contributed by atoms with E-state index in [2.05, 4.69) is 93.3 Å². The lowest BCUT2D eigenvalue weighted by Gasteiger charge is -2.21. The van der Waals surface area contributed by atoms with Gasteiger partial charge in [-0.15, -0.1) is 0 Å². The van der Waals surface area contributed by atoms with E-state index >= 15 is 0 Å². The second kappa shape index (κ2) is 9.81. The fourth-order valence-electron chi connectivity index (χ4n) is 5.67. The molecule has 0 aliphatic carbocycles. The summed E-state index contributed by atoms with van der Waals surface area (Å²) in [5.41, 5.74) is 5.92. The molecule has 0 unspecified atom stereocenters. The summed E-state index contributed by atoms with van der Waals surface area (Å²) >= 11 is 0. The van der Waals surface area contributed by atoms with Gasteiger partial charge in [0.2, 0.25) is 0 Å². The molecule has 4 aromatic carbocycles. The molecule has 36 heavy (non-hydrogen) atoms. The minimum Gasteiger partial charge on any atom is -0.329 e. The second-order valence-corrected chi connectivity index (χ2v) is 9.71. The first-order chi connectivity index (χ1) is 17.8. The number of aromatic nitrogens is 2. The maximum absolute atomic E-state index is 9.08. The third kappa shape index (κ3) is 4.42. The molecule has 1 saturated heterocycles. The van der Waals surface area contributed by atoms with Crippen LogP contribution >= 0.6 is 0 Å². The number of hydrogen-bond acceptors (Lipinski definition) is 3. The summed E-state index contributed by atoms with van der Waals surface area (Å²) in [4.78, 5) is 7.05. The van der Waals surface area contributed by atoms with Crippen LogP contribution in [0.1, 0.15) is 39.8 Å². The van der Waals surface area contributed by atoms with Gasteiger partial charge in [0.1, 0.15) is 0 Å². The average Bonchev–Trinajstić information content (AvgIpc) is 3.56. The molecule has 0 spiro atoms. The van der Waals surface area contributed by atoms with Gasteiger partial charge in [-0.05, 0) is 39.6 Å². The molecule has 0 saturated carbocycles. The standard InChI is InChI=1S/C32H28N4/c33-17-24-13-15-25(16-14-24)19-36-23-34-18-28(36)20-35-21-31(27-7-2-1-3-8-27)32(22-35)30-12-6-10-26-9-4-5-11-29(26)30/h1-16,18,23,31-32H,19-22H2/t31-,32+/m1/s1. The number of rotatable bonds is 6. The monoisotopic (exact) mass is 468 g/mol. The van der Waals surface area contributed by atoms with Crippen LogP contribution in [0, 0.1) is 11.3 Å². The van der Waals surface area contributed by atoms with Gasteiger partial charge in [0.15, 0.2) is 0 Å². The molecule has 2 heterocycles. The van der Waals surface area contributed by atoms with E-state index < -0.39 is 0 Å². The molecule has 1 aliphatic heterocycles. The first-order valence-electron chi connectivity index (χ1n) is 12.5. The summed E-state index contributed by atoms with van der Waals surface area (Å²) in [5.74, 6) is 0.861. The van der Waals surface area contributed by atoms with Crippen LogP contribution in [0.5, 0.6) is 0 Å². The van der Waals surface area contributed by atoms with Gasteiger partial charge in [0.05, 0.1) is 23.7 Å². The third-order valence-corrected chi connectivity index (χ3v) is 7.47. The molecule has 176 valence electrons. The lowest BCUT2D eigenvalue weighted by molar-refractivity contribution is 0.315. The molecule has 4 heteroatoms. The summed E-state index contributed by atoms with van der Waals surface area (Å²) in [6.45, 7) is 3.64. The number of benzene rings is 4. The number of hydrogen-bond donors (Lipinski definition) is 0. The van der Waals surface area contributed by atoms with Crippen LogP contribution in [0.3, 0.4) is 0 Å². The summed E-state index contributed by atoms with van der Waals surface area (Å²) in [6.07, 6.45) is 3.91. The Morgan fingerprint density at radius 3 is 2.36 bits per heavy atom. The van der Waals surface area contributed by atoms with Crippen molar-refractivity contribution in [3.8, 4) is 6.07 Å². The summed E-state index contributed by atoms with van der Waals surface area (Å²) in [6, 6.07) is 36.5. The molecule has 0 amide bonds. The average molecular weight is 469 g/mol. The zero-order valence-electron chi connectivity index (χ0n) is 20.2. The number of likely N-dealkylation sites (tertiary alicyclic amines) is 1. The quantitative estimate of drug-likeness (QED) is 0.292. The molecule has 0 radical (unpaired) electrons. The van der Waals surface area contributed by atoms with E-state index in [0.717, 1.165) is 26.2 Å². The maximum atomic E-state index is 9.08. The Hall–Kier alpha value is -4.20. The fraction of sp³-hybridized carbons (Fsp3) is 0.188. The van der Waals surface area contributed by atoms with Crippen molar-refractivity contribution in [3.05, 3.63) is 138 Å². The van der Waals surface area contributed by atoms with Gasteiger partial charge in [-0.25, -0.2) is 4.98 Å². The molecule has 6 rings (SSSR count). The normalized spacial score (nSPS) is 17.9. The molecule has 1 fully saturated rings. The van der Waals surface area contributed by atoms with Crippen LogP contribution in [0.2, 0.25) is 0 Å². The third-order valence-electron chi connectivity index (χ3n) is 7.47. The molecule has 2 atom stereocenters. The van der Waals surface area contributed by atoms with Crippen molar-refractivity contribution >= 4 is 10.8 Å². The molecule has 4 nitrogen and oxygen atoms in total. The lowest BCUT2D eigenvalue weighted by atomic mass is 9.82. The van der Waals surface area contributed by atoms with E-state index in [4.69, 9.17) is 5.26 Å². The van der Waals surface area contributed by atoms with E-state index in [1.54, 1.807) is 0 Å². The SMILES string of the molecule is N#Cc1ccc(Cn2cncc2CN2C[C@H](c3ccccc3)[C@H](c3cccc4ccccc34)C2)cc1. The van der Waals surface area contributed by atoms with Gasteiger partial charge in [-0.3, -0.25) is 4.90 Å². The van der Waals surface area contributed by atoms with Crippen LogP contribution in [0.15, 0.2) is 110 Å². The van der Waals surface area contributed by atoms with Gasteiger partial charge in [0.25, 0.3) is 0 Å². The van der Waals surface area contributed by atoms with Crippen molar-refractivity contribution in [2.24, 2.45) is 0 Å². The smallest absolute Gasteiger partial charge is 0.0991 e. The van der Waals surface area contributed by atoms with E-state index in [-0.39, 0.29) is 0 Å². The second-order valence-electron chi connectivity index (χ2n) is 9.71. The molecule has 1 aromatic heterocycles. The van der Waals surface area contributed by atoms with Crippen molar-refractivity contribution < 1.29 is 0 Å². The van der Waals surface area contributed by atoms with Crippen LogP contribution in [-0.2, 0) is 13.1 Å². The van der Waals surface area contributed by atoms with E-state index in [1.807, 2.05) is 36.8 Å². The predicted molar refractivity (Wildman–Crippen MR) is 144 cm³/mol. The van der Waals surface area contributed by atoms with E-state index in [9.17, 15) is 0 Å². The molecule has 0 N–H and O–H groups in total. The molecule has 5 aromatic rings. The minimum atomic E-state index is 0.424. The minimum absolute atomic E-state index is 0.424. The number of nitrogens with zero attached hydrogens (tertiary/aromatic N) is 4. The van der Waals surface area contributed by atoms with Gasteiger partial charge >= 0.3 is 0 Å². The molecule has 0 bridgehead atoms. The number of imidazole rings is 1. The largest absolute Gasteiger partial charge is 0.329 e. The Morgan fingerprint density at radius 1 is 0.778 bits per heavy atom. The van der Waals surface area contributed by atoms with Gasteiger partial charge in [-0.1, -0.05) is 84.9 Å². The first kappa shape index (κ1) is 22.3. The Kier molecular flexibility index (Phi) is 6.07. The van der Waals surface area contributed by atoms with Crippen LogP contribution < -0.4 is 0 Å². The Morgan fingerprint density at radius 2 is 1.53 bits per heavy atom. The van der Waals surface area contributed by atoms with Crippen molar-refractivity contribution in [1.29, 1.82) is 5.26 Å². The zero-order valence-corrected chi connectivity index (χ0v) is 20.2. The lowest BCUT2D eigenvalue weighted by Crippen LogP contribution is -2.22. The van der Waals surface area contributed by atoms with Crippen LogP contribution in [0.4, 0.5) is 0 Å². The van der Waals surface area contributed by atoms with Crippen LogP contribution in [-0.4, -0.2) is 27.5 Å². The topological polar surface area (TPSA) is 44.9 Å². The highest BCUT2D eigenvalue weighted by Gasteiger charge is 2.35. The first-order valence-corrected chi connectivity index (χ1v) is 12.5. The molecular formula is C32H28N4. The highest BCUT2D eigenvalue weighted by molar-refractivity contribution is 5.86. The van der Waals surface area contributed by atoms with Gasteiger partial charge in [0, 0.05) is 44.2 Å². The highest BCUT2D eigenvalue weighted by atomic mass is 15.2. The summed E-state index contributed by atoms with van der Waals surface area (Å²) in [5, 5.41) is 11.7. The molecule has 1 aliphatic rings. The van der Waals surface area contributed by atoms with E-state index in [0.29, 0.717) is 17.4 Å². The molecular weight excluding hydrogens is 440 g/mol. The van der Waals surface area contributed by atoms with Crippen LogP contribution in [0.25, 0.3) is 10.8 Å². The highest BCUT2D eigenvalue weighted by Crippen LogP contribution is 2.42. The summed E-state index contributed by atoms with van der Waals surface area (Å²) < 4.78 is 2.23. The van der Waals surface area contributed by atoms with E-state index in [1.165, 1.54) is 33.2 Å². The van der Waals surface area contributed by atoms with Crippen molar-refractivity contribution in [3.63, 3.8) is 0 Å². The Labute approximate surface area is 212 Å². The van der Waals surface area contributed by atoms with Crippen molar-refractivity contribution in [2.45, 2.75) is 24.9 Å². The summed E-state index contributed by atoms with van der Waals surface area (Å²) in [7, 11) is 0. The number of fused-ring (bicyclic) bond motifs is 1.